The van der Waals surface area contributed by atoms with Gasteiger partial charge >= 0.3 is 5.97 Å². The van der Waals surface area contributed by atoms with Crippen molar-refractivity contribution in [2.45, 2.75) is 13.0 Å². The fraction of sp³-hybridized carbons (Fsp3) is 0.706. The minimum atomic E-state index is -0.146. The summed E-state index contributed by atoms with van der Waals surface area (Å²) >= 11 is 0. The normalized spacial score (nSPS) is 21.5. The van der Waals surface area contributed by atoms with Crippen molar-refractivity contribution in [3.63, 3.8) is 0 Å². The third-order valence-electron chi connectivity index (χ3n) is 4.81. The molecule has 0 amide bonds. The molecule has 1 saturated heterocycles. The van der Waals surface area contributed by atoms with E-state index < -0.39 is 0 Å². The Hall–Kier alpha value is -1.36. The number of likely N-dealkylation sites (N-methyl/N-ethyl adjacent to an activating group) is 1. The summed E-state index contributed by atoms with van der Waals surface area (Å²) in [7, 11) is 9.23. The number of rotatable bonds is 5. The number of aromatic nitrogens is 2. The van der Waals surface area contributed by atoms with Gasteiger partial charge in [-0.3, -0.25) is 14.5 Å². The maximum atomic E-state index is 11.9. The Morgan fingerprint density at radius 1 is 1.50 bits per heavy atom. The number of aryl methyl sites for hydroxylation is 1. The molecule has 8 nitrogen and oxygen atoms in total. The molecule has 1 aromatic heterocycles. The number of esters is 1. The highest BCUT2D eigenvalue weighted by atomic mass is 127. The van der Waals surface area contributed by atoms with Crippen molar-refractivity contribution in [2.24, 2.45) is 23.9 Å². The molecular weight excluding hydrogens is 447 g/mol. The first-order chi connectivity index (χ1) is 11.9. The molecule has 148 valence electrons. The zero-order valence-electron chi connectivity index (χ0n) is 16.5. The minimum Gasteiger partial charge on any atom is -0.469 e. The van der Waals surface area contributed by atoms with E-state index in [1.807, 2.05) is 38.2 Å². The number of carbonyl (C=O) groups is 1. The van der Waals surface area contributed by atoms with Crippen LogP contribution in [0.2, 0.25) is 0 Å². The lowest BCUT2D eigenvalue weighted by Gasteiger charge is -2.27. The fourth-order valence-electron chi connectivity index (χ4n) is 3.33. The second kappa shape index (κ2) is 10.1. The number of methoxy groups -OCH3 is 1. The highest BCUT2D eigenvalue weighted by Crippen LogP contribution is 2.24. The van der Waals surface area contributed by atoms with Crippen LogP contribution >= 0.6 is 24.0 Å². The van der Waals surface area contributed by atoms with Crippen LogP contribution in [-0.2, 0) is 16.6 Å². The van der Waals surface area contributed by atoms with Crippen molar-refractivity contribution in [1.82, 2.24) is 24.9 Å². The predicted molar refractivity (Wildman–Crippen MR) is 113 cm³/mol. The standard InChI is InChI=1S/C17H30N6O2.HI/c1-12-9-23(11-14(12)16(24)25-6)17(18-2)19-8-15(21(3)4)13-7-20-22(5)10-13;/h7,10,12,14-15H,8-9,11H2,1-6H3,(H,18,19);1H. The molecule has 0 aromatic carbocycles. The largest absolute Gasteiger partial charge is 0.469 e. The van der Waals surface area contributed by atoms with Gasteiger partial charge in [0.25, 0.3) is 0 Å². The van der Waals surface area contributed by atoms with E-state index in [1.54, 1.807) is 7.05 Å². The molecule has 1 fully saturated rings. The molecule has 3 unspecified atom stereocenters. The number of aliphatic imine (C=N–C) groups is 1. The van der Waals surface area contributed by atoms with E-state index in [0.29, 0.717) is 13.1 Å². The molecule has 1 aliphatic heterocycles. The second-order valence-corrected chi connectivity index (χ2v) is 6.87. The quantitative estimate of drug-likeness (QED) is 0.294. The van der Waals surface area contributed by atoms with Gasteiger partial charge in [0, 0.05) is 45.5 Å². The number of guanidine groups is 1. The van der Waals surface area contributed by atoms with Crippen LogP contribution in [0, 0.1) is 11.8 Å². The Bertz CT molecular complexity index is 618. The molecule has 1 N–H and O–H groups in total. The van der Waals surface area contributed by atoms with Crippen LogP contribution < -0.4 is 5.32 Å². The van der Waals surface area contributed by atoms with Crippen molar-refractivity contribution in [1.29, 1.82) is 0 Å². The zero-order chi connectivity index (χ0) is 18.6. The SMILES string of the molecule is CN=C(NCC(c1cnn(C)c1)N(C)C)N1CC(C)C(C(=O)OC)C1.I. The van der Waals surface area contributed by atoms with Gasteiger partial charge in [0.05, 0.1) is 25.3 Å². The van der Waals surface area contributed by atoms with E-state index in [4.69, 9.17) is 4.74 Å². The lowest BCUT2D eigenvalue weighted by atomic mass is 9.99. The second-order valence-electron chi connectivity index (χ2n) is 6.87. The summed E-state index contributed by atoms with van der Waals surface area (Å²) in [6.07, 6.45) is 3.92. The number of hydrogen-bond acceptors (Lipinski definition) is 5. The molecule has 0 bridgehead atoms. The Balaban J connectivity index is 0.00000338. The molecule has 3 atom stereocenters. The van der Waals surface area contributed by atoms with Gasteiger partial charge in [-0.15, -0.1) is 24.0 Å². The summed E-state index contributed by atoms with van der Waals surface area (Å²) in [6, 6.07) is 0.182. The van der Waals surface area contributed by atoms with Crippen LogP contribution in [0.1, 0.15) is 18.5 Å². The first-order valence-electron chi connectivity index (χ1n) is 8.55. The molecule has 1 aliphatic rings. The number of nitrogens with one attached hydrogen (secondary N) is 1. The van der Waals surface area contributed by atoms with Crippen LogP contribution in [0.5, 0.6) is 0 Å². The highest BCUT2D eigenvalue weighted by Gasteiger charge is 2.37. The van der Waals surface area contributed by atoms with Gasteiger partial charge in [-0.2, -0.15) is 5.10 Å². The van der Waals surface area contributed by atoms with Crippen LogP contribution in [0.15, 0.2) is 17.4 Å². The molecule has 0 saturated carbocycles. The van der Waals surface area contributed by atoms with E-state index in [9.17, 15) is 4.79 Å². The molecule has 26 heavy (non-hydrogen) atoms. The van der Waals surface area contributed by atoms with E-state index in [-0.39, 0.29) is 47.8 Å². The molecular formula is C17H31IN6O2. The summed E-state index contributed by atoms with van der Waals surface area (Å²) < 4.78 is 6.72. The number of carbonyl (C=O) groups excluding carboxylic acids is 1. The Morgan fingerprint density at radius 3 is 2.69 bits per heavy atom. The van der Waals surface area contributed by atoms with Crippen LogP contribution in [-0.4, -0.2) is 79.4 Å². The van der Waals surface area contributed by atoms with Crippen molar-refractivity contribution in [3.05, 3.63) is 18.0 Å². The van der Waals surface area contributed by atoms with Crippen LogP contribution in [0.4, 0.5) is 0 Å². The smallest absolute Gasteiger partial charge is 0.310 e. The van der Waals surface area contributed by atoms with Crippen molar-refractivity contribution in [3.8, 4) is 0 Å². The molecule has 9 heteroatoms. The number of hydrogen-bond donors (Lipinski definition) is 1. The first-order valence-corrected chi connectivity index (χ1v) is 8.55. The summed E-state index contributed by atoms with van der Waals surface area (Å²) in [5, 5.41) is 7.71. The summed E-state index contributed by atoms with van der Waals surface area (Å²) in [5.41, 5.74) is 1.15. The topological polar surface area (TPSA) is 75.0 Å². The molecule has 2 heterocycles. The maximum Gasteiger partial charge on any atom is 0.310 e. The summed E-state index contributed by atoms with van der Waals surface area (Å²) in [6.45, 7) is 4.21. The lowest BCUT2D eigenvalue weighted by molar-refractivity contribution is -0.145. The fourth-order valence-corrected chi connectivity index (χ4v) is 3.33. The molecule has 1 aromatic rings. The zero-order valence-corrected chi connectivity index (χ0v) is 18.8. The monoisotopic (exact) mass is 478 g/mol. The van der Waals surface area contributed by atoms with E-state index in [0.717, 1.165) is 18.1 Å². The van der Waals surface area contributed by atoms with E-state index in [1.165, 1.54) is 7.11 Å². The minimum absolute atomic E-state index is 0. The van der Waals surface area contributed by atoms with Gasteiger partial charge in [0.15, 0.2) is 5.96 Å². The number of likely N-dealkylation sites (tertiary alicyclic amines) is 1. The van der Waals surface area contributed by atoms with Crippen molar-refractivity contribution < 1.29 is 9.53 Å². The maximum absolute atomic E-state index is 11.9. The average Bonchev–Trinajstić information content (AvgIpc) is 3.16. The van der Waals surface area contributed by atoms with Gasteiger partial charge in [0.1, 0.15) is 0 Å². The Labute approximate surface area is 173 Å². The molecule has 0 aliphatic carbocycles. The predicted octanol–water partition coefficient (Wildman–Crippen LogP) is 0.957. The van der Waals surface area contributed by atoms with Gasteiger partial charge < -0.3 is 19.9 Å². The number of halogens is 1. The Morgan fingerprint density at radius 2 is 2.19 bits per heavy atom. The average molecular weight is 478 g/mol. The third-order valence-corrected chi connectivity index (χ3v) is 4.81. The summed E-state index contributed by atoms with van der Waals surface area (Å²) in [4.78, 5) is 20.6. The van der Waals surface area contributed by atoms with Crippen molar-refractivity contribution >= 4 is 35.9 Å². The van der Waals surface area contributed by atoms with Crippen LogP contribution in [0.25, 0.3) is 0 Å². The number of nitrogens with zero attached hydrogens (tertiary/aromatic N) is 5. The van der Waals surface area contributed by atoms with Gasteiger partial charge in [0.2, 0.25) is 0 Å². The summed E-state index contributed by atoms with van der Waals surface area (Å²) in [5.74, 6) is 0.807. The number of ether oxygens (including phenoxy) is 1. The van der Waals surface area contributed by atoms with E-state index in [2.05, 4.69) is 32.1 Å². The highest BCUT2D eigenvalue weighted by molar-refractivity contribution is 14.0. The van der Waals surface area contributed by atoms with Gasteiger partial charge in [-0.1, -0.05) is 6.92 Å². The third kappa shape index (κ3) is 5.32. The van der Waals surface area contributed by atoms with Crippen LogP contribution in [0.3, 0.4) is 0 Å². The molecule has 0 radical (unpaired) electrons. The lowest BCUT2D eigenvalue weighted by Crippen LogP contribution is -2.43. The van der Waals surface area contributed by atoms with Gasteiger partial charge in [-0.25, -0.2) is 0 Å². The Kier molecular flexibility index (Phi) is 8.81. The van der Waals surface area contributed by atoms with Gasteiger partial charge in [-0.05, 0) is 20.0 Å². The first kappa shape index (κ1) is 22.7. The molecule has 0 spiro atoms. The van der Waals surface area contributed by atoms with E-state index >= 15 is 0 Å². The molecule has 2 rings (SSSR count). The van der Waals surface area contributed by atoms with Crippen molar-refractivity contribution in [2.75, 3.05) is 47.9 Å².